The highest BCUT2D eigenvalue weighted by molar-refractivity contribution is 7.07. The minimum atomic E-state index is 0. The van der Waals surface area contributed by atoms with Gasteiger partial charge in [0, 0.05) is 23.8 Å². The number of thiazole rings is 1. The Morgan fingerprint density at radius 2 is 1.71 bits per heavy atom. The van der Waals surface area contributed by atoms with Crippen LogP contribution in [0.1, 0.15) is 69.5 Å². The van der Waals surface area contributed by atoms with Crippen molar-refractivity contribution in [2.75, 3.05) is 5.32 Å². The molecule has 0 aliphatic heterocycles. The van der Waals surface area contributed by atoms with Crippen LogP contribution in [0.3, 0.4) is 0 Å². The van der Waals surface area contributed by atoms with Gasteiger partial charge in [-0.25, -0.2) is 0 Å². The van der Waals surface area contributed by atoms with Crippen molar-refractivity contribution in [3.8, 4) is 0 Å². The van der Waals surface area contributed by atoms with Crippen molar-refractivity contribution in [3.05, 3.63) is 45.7 Å². The summed E-state index contributed by atoms with van der Waals surface area (Å²) in [5.41, 5.74) is 3.36. The molecule has 4 nitrogen and oxygen atoms in total. The molecular formula is C25H34ClN3OS. The predicted molar refractivity (Wildman–Crippen MR) is 130 cm³/mol. The van der Waals surface area contributed by atoms with Crippen molar-refractivity contribution in [2.45, 2.75) is 70.3 Å². The number of hydrogen-bond donors (Lipinski definition) is 1. The Morgan fingerprint density at radius 1 is 1.13 bits per heavy atom. The lowest BCUT2D eigenvalue weighted by Crippen LogP contribution is -2.50. The number of hydrogen-bond acceptors (Lipinski definition) is 3. The van der Waals surface area contributed by atoms with Crippen LogP contribution in [0.2, 0.25) is 0 Å². The lowest BCUT2D eigenvalue weighted by Gasteiger charge is -2.54. The Hall–Kier alpha value is -1.59. The highest BCUT2D eigenvalue weighted by Crippen LogP contribution is 2.57. The van der Waals surface area contributed by atoms with Crippen LogP contribution in [0.15, 0.2) is 34.6 Å². The molecule has 0 spiro atoms. The van der Waals surface area contributed by atoms with E-state index in [0.717, 1.165) is 33.9 Å². The summed E-state index contributed by atoms with van der Waals surface area (Å²) in [6, 6.07) is 8.17. The van der Waals surface area contributed by atoms with Gasteiger partial charge < -0.3 is 9.88 Å². The largest absolute Gasteiger partial charge is 0.326 e. The summed E-state index contributed by atoms with van der Waals surface area (Å²) < 4.78 is 2.14. The van der Waals surface area contributed by atoms with Crippen LogP contribution in [0, 0.1) is 17.8 Å². The number of nitrogens with zero attached hydrogens (tertiary/aromatic N) is 2. The molecule has 31 heavy (non-hydrogen) atoms. The van der Waals surface area contributed by atoms with E-state index in [0.29, 0.717) is 12.3 Å². The second kappa shape index (κ2) is 8.74. The van der Waals surface area contributed by atoms with E-state index in [-0.39, 0.29) is 23.9 Å². The fraction of sp³-hybridized carbons (Fsp3) is 0.600. The summed E-state index contributed by atoms with van der Waals surface area (Å²) in [7, 11) is 2.07. The van der Waals surface area contributed by atoms with Gasteiger partial charge in [-0.3, -0.25) is 9.79 Å². The fourth-order valence-electron chi connectivity index (χ4n) is 6.39. The van der Waals surface area contributed by atoms with Crippen molar-refractivity contribution in [2.24, 2.45) is 29.8 Å². The maximum atomic E-state index is 12.6. The maximum Gasteiger partial charge on any atom is 0.230 e. The maximum absolute atomic E-state index is 12.6. The summed E-state index contributed by atoms with van der Waals surface area (Å²) in [5.74, 6) is 3.23. The quantitative estimate of drug-likeness (QED) is 0.614. The Balaban J connectivity index is 0.00000231. The van der Waals surface area contributed by atoms with E-state index in [2.05, 4.69) is 48.3 Å². The molecule has 0 saturated heterocycles. The van der Waals surface area contributed by atoms with Crippen molar-refractivity contribution in [1.29, 1.82) is 0 Å². The Bertz CT molecular complexity index is 969. The van der Waals surface area contributed by atoms with Gasteiger partial charge in [0.15, 0.2) is 4.80 Å². The SMILES string of the molecule is CC(C)c1ccc(NC(=O)Cc2csc(=NC34CC5CC(CC(C5)C3)C4)n2C)cc1.Cl. The molecule has 4 bridgehead atoms. The summed E-state index contributed by atoms with van der Waals surface area (Å²) in [4.78, 5) is 19.0. The van der Waals surface area contributed by atoms with E-state index in [9.17, 15) is 4.79 Å². The van der Waals surface area contributed by atoms with E-state index in [1.165, 1.54) is 44.1 Å². The second-order valence-corrected chi connectivity index (χ2v) is 11.2. The third-order valence-electron chi connectivity index (χ3n) is 7.56. The lowest BCUT2D eigenvalue weighted by atomic mass is 9.53. The Labute approximate surface area is 195 Å². The smallest absolute Gasteiger partial charge is 0.230 e. The second-order valence-electron chi connectivity index (χ2n) is 10.3. The molecule has 4 fully saturated rings. The third kappa shape index (κ3) is 4.63. The first-order valence-corrected chi connectivity index (χ1v) is 12.4. The highest BCUT2D eigenvalue weighted by atomic mass is 35.5. The standard InChI is InChI=1S/C25H33N3OS.ClH/c1-16(2)20-4-6-21(7-5-20)26-23(29)11-22-15-30-24(28(22)3)27-25-12-17-8-18(13-25)10-19(9-17)14-25;/h4-7,15-19H,8-14H2,1-3H3,(H,26,29);1H. The van der Waals surface area contributed by atoms with Crippen LogP contribution >= 0.6 is 23.7 Å². The fourth-order valence-corrected chi connectivity index (χ4v) is 7.39. The number of carbonyl (C=O) groups excluding carboxylic acids is 1. The van der Waals surface area contributed by atoms with Crippen LogP contribution in [0.4, 0.5) is 5.69 Å². The minimum absolute atomic E-state index is 0. The molecule has 0 radical (unpaired) electrons. The molecule has 4 aliphatic rings. The van der Waals surface area contributed by atoms with Crippen molar-refractivity contribution in [1.82, 2.24) is 4.57 Å². The molecule has 0 unspecified atom stereocenters. The summed E-state index contributed by atoms with van der Waals surface area (Å²) in [6.45, 7) is 4.35. The van der Waals surface area contributed by atoms with Gasteiger partial charge in [0.25, 0.3) is 0 Å². The lowest BCUT2D eigenvalue weighted by molar-refractivity contribution is -0.115. The molecule has 1 aromatic heterocycles. The molecule has 1 heterocycles. The predicted octanol–water partition coefficient (Wildman–Crippen LogP) is 5.68. The van der Waals surface area contributed by atoms with Crippen LogP contribution < -0.4 is 10.1 Å². The van der Waals surface area contributed by atoms with E-state index in [1.54, 1.807) is 11.3 Å². The number of anilines is 1. The average Bonchev–Trinajstić information content (AvgIpc) is 3.00. The minimum Gasteiger partial charge on any atom is -0.326 e. The number of carbonyl (C=O) groups is 1. The van der Waals surface area contributed by atoms with Gasteiger partial charge in [-0.05, 0) is 79.9 Å². The number of benzene rings is 1. The topological polar surface area (TPSA) is 46.4 Å². The van der Waals surface area contributed by atoms with Crippen LogP contribution in [0.5, 0.6) is 0 Å². The average molecular weight is 460 g/mol. The Kier molecular flexibility index (Phi) is 6.37. The van der Waals surface area contributed by atoms with Gasteiger partial charge in [-0.1, -0.05) is 26.0 Å². The van der Waals surface area contributed by atoms with Gasteiger partial charge in [-0.2, -0.15) is 0 Å². The van der Waals surface area contributed by atoms with E-state index < -0.39 is 0 Å². The van der Waals surface area contributed by atoms with Crippen LogP contribution in [0.25, 0.3) is 0 Å². The van der Waals surface area contributed by atoms with Gasteiger partial charge in [0.05, 0.1) is 12.0 Å². The molecule has 4 saturated carbocycles. The zero-order valence-corrected chi connectivity index (χ0v) is 20.4. The molecule has 0 atom stereocenters. The molecule has 1 aromatic carbocycles. The first-order chi connectivity index (χ1) is 14.4. The highest BCUT2D eigenvalue weighted by Gasteiger charge is 2.51. The number of nitrogens with one attached hydrogen (secondary N) is 1. The Morgan fingerprint density at radius 3 is 2.26 bits per heavy atom. The molecular weight excluding hydrogens is 426 g/mol. The first-order valence-electron chi connectivity index (χ1n) is 11.5. The van der Waals surface area contributed by atoms with Crippen LogP contribution in [-0.4, -0.2) is 16.0 Å². The monoisotopic (exact) mass is 459 g/mol. The molecule has 6 rings (SSSR count). The normalized spacial score (nSPS) is 29.3. The summed E-state index contributed by atoms with van der Waals surface area (Å²) >= 11 is 1.69. The molecule has 1 N–H and O–H groups in total. The molecule has 6 heteroatoms. The number of halogens is 1. The van der Waals surface area contributed by atoms with Crippen molar-refractivity contribution >= 4 is 35.3 Å². The van der Waals surface area contributed by atoms with E-state index in [1.807, 2.05) is 12.1 Å². The molecule has 2 aromatic rings. The van der Waals surface area contributed by atoms with Gasteiger partial charge in [0.1, 0.15) is 0 Å². The zero-order chi connectivity index (χ0) is 20.9. The molecule has 4 aliphatic carbocycles. The molecule has 1 amide bonds. The number of rotatable bonds is 5. The molecule has 168 valence electrons. The van der Waals surface area contributed by atoms with Crippen molar-refractivity contribution < 1.29 is 4.79 Å². The van der Waals surface area contributed by atoms with E-state index in [4.69, 9.17) is 4.99 Å². The summed E-state index contributed by atoms with van der Waals surface area (Å²) in [5, 5.41) is 5.15. The van der Waals surface area contributed by atoms with Gasteiger partial charge >= 0.3 is 0 Å². The zero-order valence-electron chi connectivity index (χ0n) is 18.8. The van der Waals surface area contributed by atoms with Gasteiger partial charge in [0.2, 0.25) is 5.91 Å². The van der Waals surface area contributed by atoms with Gasteiger partial charge in [-0.15, -0.1) is 23.7 Å². The van der Waals surface area contributed by atoms with Crippen molar-refractivity contribution in [3.63, 3.8) is 0 Å². The van der Waals surface area contributed by atoms with E-state index >= 15 is 0 Å². The number of amides is 1. The third-order valence-corrected chi connectivity index (χ3v) is 8.53. The summed E-state index contributed by atoms with van der Waals surface area (Å²) in [6.07, 6.45) is 8.53. The number of aromatic nitrogens is 1. The van der Waals surface area contributed by atoms with Crippen LogP contribution in [-0.2, 0) is 18.3 Å². The first kappa shape index (κ1) is 22.6.